The van der Waals surface area contributed by atoms with Crippen molar-refractivity contribution in [3.05, 3.63) is 63.1 Å². The second-order valence-corrected chi connectivity index (χ2v) is 10.4. The van der Waals surface area contributed by atoms with Gasteiger partial charge in [-0.2, -0.15) is 0 Å². The third-order valence-electron chi connectivity index (χ3n) is 6.21. The second-order valence-electron chi connectivity index (χ2n) is 9.54. The number of rotatable bonds is 19. The molecular weight excluding hydrogens is 559 g/mol. The highest BCUT2D eigenvalue weighted by molar-refractivity contribution is 6.31. The number of carboxylic acids is 2. The minimum Gasteiger partial charge on any atom is -0.480 e. The number of halogens is 2. The number of nitrogens with one attached hydrogen (secondary N) is 2. The maximum absolute atomic E-state index is 12.9. The molecule has 0 aliphatic rings. The first-order valence-corrected chi connectivity index (χ1v) is 14.0. The molecule has 0 heterocycles. The van der Waals surface area contributed by atoms with E-state index in [1.165, 1.54) is 0 Å². The molecule has 2 aromatic rings. The van der Waals surface area contributed by atoms with Crippen LogP contribution in [0.4, 0.5) is 5.69 Å². The summed E-state index contributed by atoms with van der Waals surface area (Å²) in [4.78, 5) is 35.6. The highest BCUT2D eigenvalue weighted by Gasteiger charge is 2.36. The Labute approximate surface area is 245 Å². The van der Waals surface area contributed by atoms with Crippen molar-refractivity contribution >= 4 is 46.7 Å². The summed E-state index contributed by atoms with van der Waals surface area (Å²) in [6.45, 7) is 4.04. The fraction of sp³-hybridized carbons (Fsp3) is 0.483. The van der Waals surface area contributed by atoms with E-state index in [2.05, 4.69) is 10.6 Å². The number of aryl methyl sites for hydroxylation is 3. The van der Waals surface area contributed by atoms with Gasteiger partial charge in [0, 0.05) is 35.4 Å². The monoisotopic (exact) mass is 596 g/mol. The van der Waals surface area contributed by atoms with Gasteiger partial charge in [0.1, 0.15) is 6.61 Å². The third-order valence-corrected chi connectivity index (χ3v) is 7.02. The van der Waals surface area contributed by atoms with Gasteiger partial charge in [-0.25, -0.2) is 9.59 Å². The Bertz CT molecular complexity index is 1130. The van der Waals surface area contributed by atoms with Gasteiger partial charge in [0.2, 0.25) is 0 Å². The lowest BCUT2D eigenvalue weighted by atomic mass is 10.1. The predicted molar refractivity (Wildman–Crippen MR) is 155 cm³/mol. The predicted octanol–water partition coefficient (Wildman–Crippen LogP) is 5.27. The van der Waals surface area contributed by atoms with Crippen LogP contribution in [0.5, 0.6) is 0 Å². The molecule has 4 N–H and O–H groups in total. The summed E-state index contributed by atoms with van der Waals surface area (Å²) in [6, 6.07) is 11.7. The van der Waals surface area contributed by atoms with Crippen molar-refractivity contribution in [3.63, 3.8) is 0 Å². The van der Waals surface area contributed by atoms with Gasteiger partial charge in [-0.05, 0) is 80.8 Å². The largest absolute Gasteiger partial charge is 0.480 e. The van der Waals surface area contributed by atoms with Gasteiger partial charge < -0.3 is 30.3 Å². The van der Waals surface area contributed by atoms with Crippen molar-refractivity contribution in [3.8, 4) is 0 Å². The number of anilines is 1. The molecule has 0 aromatic heterocycles. The standard InChI is InChI=1S/C29H38Cl2N2O7/c1-19-9-11-21(16-23(19)30)8-4-3-5-14-33-28(36)26(27(29(37)38)40-18-25(34)35)39-15-7-6-13-32-22-12-10-20(2)24(31)17-22/h9-12,16-17,26-27,32H,3-8,13-15,18H2,1-2H3,(H,33,36)(H,34,35)(H,37,38). The molecule has 40 heavy (non-hydrogen) atoms. The molecular formula is C29H38Cl2N2O7. The van der Waals surface area contributed by atoms with Crippen LogP contribution in [0.2, 0.25) is 10.0 Å². The van der Waals surface area contributed by atoms with E-state index in [4.69, 9.17) is 37.8 Å². The average molecular weight is 598 g/mol. The molecule has 2 aromatic carbocycles. The minimum atomic E-state index is -1.75. The molecule has 0 aliphatic heterocycles. The van der Waals surface area contributed by atoms with Crippen LogP contribution in [-0.2, 0) is 30.3 Å². The molecule has 0 saturated carbocycles. The van der Waals surface area contributed by atoms with Crippen molar-refractivity contribution in [2.45, 2.75) is 64.6 Å². The van der Waals surface area contributed by atoms with Crippen molar-refractivity contribution in [2.75, 3.05) is 31.6 Å². The Hall–Kier alpha value is -2.85. The van der Waals surface area contributed by atoms with Crippen LogP contribution >= 0.6 is 23.2 Å². The average Bonchev–Trinajstić information content (AvgIpc) is 2.90. The number of ether oxygens (including phenoxy) is 2. The summed E-state index contributed by atoms with van der Waals surface area (Å²) in [5.74, 6) is -3.48. The Morgan fingerprint density at radius 3 is 2.15 bits per heavy atom. The Balaban J connectivity index is 1.81. The number of benzene rings is 2. The summed E-state index contributed by atoms with van der Waals surface area (Å²) in [5, 5.41) is 25.9. The third kappa shape index (κ3) is 12.1. The molecule has 0 aliphatic carbocycles. The van der Waals surface area contributed by atoms with E-state index in [0.29, 0.717) is 37.4 Å². The first-order valence-electron chi connectivity index (χ1n) is 13.3. The maximum atomic E-state index is 12.9. The van der Waals surface area contributed by atoms with E-state index in [9.17, 15) is 19.5 Å². The maximum Gasteiger partial charge on any atom is 0.336 e. The first kappa shape index (κ1) is 33.4. The quantitative estimate of drug-likeness (QED) is 0.161. The molecule has 2 rings (SSSR count). The molecule has 0 radical (unpaired) electrons. The zero-order chi connectivity index (χ0) is 29.5. The van der Waals surface area contributed by atoms with E-state index in [1.54, 1.807) is 0 Å². The van der Waals surface area contributed by atoms with Crippen molar-refractivity contribution in [2.24, 2.45) is 0 Å². The number of carboxylic acid groups (broad SMARTS) is 2. The zero-order valence-corrected chi connectivity index (χ0v) is 24.4. The molecule has 2 unspecified atom stereocenters. The van der Waals surface area contributed by atoms with Crippen LogP contribution in [0.3, 0.4) is 0 Å². The topological polar surface area (TPSA) is 134 Å². The van der Waals surface area contributed by atoms with Crippen LogP contribution < -0.4 is 10.6 Å². The molecule has 0 spiro atoms. The lowest BCUT2D eigenvalue weighted by molar-refractivity contribution is -0.172. The number of hydrogen-bond acceptors (Lipinski definition) is 6. The normalized spacial score (nSPS) is 12.5. The minimum absolute atomic E-state index is 0.0910. The van der Waals surface area contributed by atoms with Gasteiger partial charge in [0.15, 0.2) is 12.2 Å². The van der Waals surface area contributed by atoms with Crippen LogP contribution in [-0.4, -0.2) is 66.6 Å². The van der Waals surface area contributed by atoms with Gasteiger partial charge >= 0.3 is 11.9 Å². The van der Waals surface area contributed by atoms with Gasteiger partial charge in [-0.3, -0.25) is 4.79 Å². The van der Waals surface area contributed by atoms with Crippen molar-refractivity contribution < 1.29 is 34.1 Å². The summed E-state index contributed by atoms with van der Waals surface area (Å²) in [5.41, 5.74) is 4.03. The number of aliphatic carboxylic acids is 2. The molecule has 1 amide bonds. The summed E-state index contributed by atoms with van der Waals surface area (Å²) in [6.07, 6.45) is 1.25. The van der Waals surface area contributed by atoms with Gasteiger partial charge in [0.25, 0.3) is 5.91 Å². The smallest absolute Gasteiger partial charge is 0.336 e. The van der Waals surface area contributed by atoms with E-state index in [1.807, 2.05) is 50.2 Å². The molecule has 0 fully saturated rings. The molecule has 0 bridgehead atoms. The number of carbonyl (C=O) groups is 3. The molecule has 2 atom stereocenters. The molecule has 11 heteroatoms. The van der Waals surface area contributed by atoms with Crippen LogP contribution in [0.1, 0.15) is 48.8 Å². The zero-order valence-electron chi connectivity index (χ0n) is 22.9. The summed E-state index contributed by atoms with van der Waals surface area (Å²) < 4.78 is 10.6. The van der Waals surface area contributed by atoms with Crippen molar-refractivity contribution in [1.29, 1.82) is 0 Å². The number of unbranched alkanes of at least 4 members (excludes halogenated alkanes) is 3. The van der Waals surface area contributed by atoms with E-state index in [0.717, 1.165) is 46.7 Å². The first-order chi connectivity index (χ1) is 19.1. The van der Waals surface area contributed by atoms with Crippen molar-refractivity contribution in [1.82, 2.24) is 5.32 Å². The Morgan fingerprint density at radius 1 is 0.825 bits per heavy atom. The highest BCUT2D eigenvalue weighted by atomic mass is 35.5. The summed E-state index contributed by atoms with van der Waals surface area (Å²) in [7, 11) is 0. The highest BCUT2D eigenvalue weighted by Crippen LogP contribution is 2.20. The number of amides is 1. The van der Waals surface area contributed by atoms with E-state index in [-0.39, 0.29) is 6.61 Å². The number of carbonyl (C=O) groups excluding carboxylic acids is 1. The van der Waals surface area contributed by atoms with Gasteiger partial charge in [-0.1, -0.05) is 47.8 Å². The van der Waals surface area contributed by atoms with Crippen LogP contribution in [0, 0.1) is 13.8 Å². The van der Waals surface area contributed by atoms with Gasteiger partial charge in [-0.15, -0.1) is 0 Å². The molecule has 9 nitrogen and oxygen atoms in total. The van der Waals surface area contributed by atoms with Crippen LogP contribution in [0.25, 0.3) is 0 Å². The molecule has 220 valence electrons. The fourth-order valence-corrected chi connectivity index (χ4v) is 4.24. The van der Waals surface area contributed by atoms with E-state index < -0.39 is 36.7 Å². The Morgan fingerprint density at radius 2 is 1.50 bits per heavy atom. The lowest BCUT2D eigenvalue weighted by Crippen LogP contribution is -2.49. The lowest BCUT2D eigenvalue weighted by Gasteiger charge is -2.23. The molecule has 0 saturated heterocycles. The SMILES string of the molecule is Cc1ccc(CCCCCNC(=O)C(OCCCCNc2ccc(C)c(Cl)c2)C(OCC(=O)O)C(=O)O)cc1Cl. The second kappa shape index (κ2) is 17.8. The number of hydrogen-bond donors (Lipinski definition) is 4. The van der Waals surface area contributed by atoms with E-state index >= 15 is 0 Å². The fourth-order valence-electron chi connectivity index (χ4n) is 3.86. The van der Waals surface area contributed by atoms with Gasteiger partial charge in [0.05, 0.1) is 0 Å². The summed E-state index contributed by atoms with van der Waals surface area (Å²) >= 11 is 12.3. The van der Waals surface area contributed by atoms with Crippen LogP contribution in [0.15, 0.2) is 36.4 Å². The Kier molecular flexibility index (Phi) is 14.8.